The Morgan fingerprint density at radius 1 is 1.55 bits per heavy atom. The van der Waals surface area contributed by atoms with E-state index < -0.39 is 28.5 Å². The van der Waals surface area contributed by atoms with Gasteiger partial charge in [0.15, 0.2) is 0 Å². The number of hydrogen-bond donors (Lipinski definition) is 4. The van der Waals surface area contributed by atoms with Crippen LogP contribution in [0.15, 0.2) is 16.3 Å². The predicted octanol–water partition coefficient (Wildman–Crippen LogP) is -1.58. The lowest BCUT2D eigenvalue weighted by atomic mass is 9.97. The van der Waals surface area contributed by atoms with Crippen LogP contribution in [0.3, 0.4) is 0 Å². The molecule has 0 spiro atoms. The highest BCUT2D eigenvalue weighted by molar-refractivity contribution is 7.80. The summed E-state index contributed by atoms with van der Waals surface area (Å²) in [5, 5.41) is 18.0. The molecule has 160 valence electrons. The zero-order valence-electron chi connectivity index (χ0n) is 15.2. The number of aromatic nitrogens is 2. The highest BCUT2D eigenvalue weighted by Gasteiger charge is 2.53. The van der Waals surface area contributed by atoms with Crippen molar-refractivity contribution in [3.8, 4) is 0 Å². The molecule has 2 atom stereocenters. The number of oxime groups is 1. The lowest BCUT2D eigenvalue weighted by molar-refractivity contribution is -0.0316. The zero-order valence-corrected chi connectivity index (χ0v) is 16.1. The van der Waals surface area contributed by atoms with Gasteiger partial charge in [-0.25, -0.2) is 4.79 Å². The molecule has 0 unspecified atom stereocenters. The van der Waals surface area contributed by atoms with Crippen molar-refractivity contribution in [3.05, 3.63) is 17.5 Å². The van der Waals surface area contributed by atoms with Crippen LogP contribution in [0.1, 0.15) is 23.3 Å². The summed E-state index contributed by atoms with van der Waals surface area (Å²) in [6.45, 7) is 0.708. The highest BCUT2D eigenvalue weighted by atomic mass is 32.3. The minimum atomic E-state index is -4.94. The Balaban J connectivity index is 2.00. The van der Waals surface area contributed by atoms with E-state index in [4.69, 9.17) is 15.1 Å². The fraction of sp³-hybridized carbons (Fsp3) is 0.538. The van der Waals surface area contributed by atoms with Crippen molar-refractivity contribution < 1.29 is 32.1 Å². The van der Waals surface area contributed by atoms with Crippen LogP contribution < -0.4 is 11.2 Å². The third-order valence-electron chi connectivity index (χ3n) is 4.33. The molecule has 3 heterocycles. The van der Waals surface area contributed by atoms with Gasteiger partial charge in [-0.1, -0.05) is 5.16 Å². The first-order chi connectivity index (χ1) is 13.8. The first kappa shape index (κ1) is 20.9. The number of carbonyl (C=O) groups is 1. The number of nitrogens with one attached hydrogen (secondary N) is 1. The van der Waals surface area contributed by atoms with E-state index in [0.717, 1.165) is 0 Å². The number of nitrogens with zero attached hydrogens (tertiary/aromatic N) is 6. The van der Waals surface area contributed by atoms with E-state index in [1.54, 1.807) is 0 Å². The maximum absolute atomic E-state index is 12.7. The molecule has 3 rings (SSSR count). The van der Waals surface area contributed by atoms with Gasteiger partial charge in [-0.05, 0) is 0 Å². The van der Waals surface area contributed by atoms with E-state index in [9.17, 15) is 18.4 Å². The largest absolute Gasteiger partial charge is 0.418 e. The highest BCUT2D eigenvalue weighted by Crippen LogP contribution is 2.44. The molecule has 29 heavy (non-hydrogen) atoms. The fourth-order valence-corrected chi connectivity index (χ4v) is 3.63. The molecular weight excluding hydrogens is 412 g/mol. The van der Waals surface area contributed by atoms with Crippen LogP contribution in [0.2, 0.25) is 0 Å². The second-order valence-corrected chi connectivity index (χ2v) is 6.98. The van der Waals surface area contributed by atoms with Gasteiger partial charge < -0.3 is 15.5 Å². The third kappa shape index (κ3) is 4.01. The molecular formula is C13H20N8O7S. The Bertz CT molecular complexity index is 930. The van der Waals surface area contributed by atoms with Crippen LogP contribution in [-0.2, 0) is 26.1 Å². The van der Waals surface area contributed by atoms with Crippen molar-refractivity contribution in [1.29, 1.82) is 0 Å². The van der Waals surface area contributed by atoms with Gasteiger partial charge >= 0.3 is 16.4 Å². The van der Waals surface area contributed by atoms with Crippen molar-refractivity contribution in [2.75, 3.05) is 26.7 Å². The lowest BCUT2D eigenvalue weighted by Crippen LogP contribution is -2.44. The van der Waals surface area contributed by atoms with Crippen LogP contribution in [-0.4, -0.2) is 82.7 Å². The van der Waals surface area contributed by atoms with E-state index in [-0.39, 0.29) is 25.5 Å². The van der Waals surface area contributed by atoms with Crippen LogP contribution in [0.4, 0.5) is 4.79 Å². The molecule has 15 nitrogen and oxygen atoms in total. The number of rotatable bonds is 8. The van der Waals surface area contributed by atoms with Gasteiger partial charge in [-0.2, -0.15) is 18.6 Å². The normalized spacial score (nSPS) is 21.8. The Morgan fingerprint density at radius 2 is 2.31 bits per heavy atom. The summed E-state index contributed by atoms with van der Waals surface area (Å²) in [6, 6.07) is -2.61. The zero-order chi connectivity index (χ0) is 21.2. The smallest absolute Gasteiger partial charge is 0.395 e. The summed E-state index contributed by atoms with van der Waals surface area (Å²) in [5.74, 6) is 0.0184. The number of urea groups is 1. The molecule has 0 aromatic carbocycles. The molecule has 0 saturated carbocycles. The van der Waals surface area contributed by atoms with Gasteiger partial charge in [-0.15, -0.1) is 4.28 Å². The van der Waals surface area contributed by atoms with E-state index in [0.29, 0.717) is 22.9 Å². The number of amidine groups is 1. The van der Waals surface area contributed by atoms with E-state index in [2.05, 4.69) is 19.5 Å². The summed E-state index contributed by atoms with van der Waals surface area (Å²) < 4.78 is 37.3. The first-order valence-electron chi connectivity index (χ1n) is 8.35. The minimum Gasteiger partial charge on any atom is -0.395 e. The number of aliphatic imine (C=N–C) groups is 1. The topological polar surface area (TPSA) is 197 Å². The van der Waals surface area contributed by atoms with Crippen molar-refractivity contribution >= 4 is 28.5 Å². The molecule has 1 aromatic heterocycles. The third-order valence-corrected chi connectivity index (χ3v) is 4.68. The Kier molecular flexibility index (Phi) is 5.99. The van der Waals surface area contributed by atoms with Crippen LogP contribution in [0.5, 0.6) is 0 Å². The van der Waals surface area contributed by atoms with Crippen molar-refractivity contribution in [3.63, 3.8) is 0 Å². The summed E-state index contributed by atoms with van der Waals surface area (Å²) in [6.07, 6.45) is 2.86. The predicted molar refractivity (Wildman–Crippen MR) is 96.1 cm³/mol. The van der Waals surface area contributed by atoms with Gasteiger partial charge in [0.1, 0.15) is 24.5 Å². The summed E-state index contributed by atoms with van der Waals surface area (Å²) in [4.78, 5) is 22.8. The van der Waals surface area contributed by atoms with Crippen molar-refractivity contribution in [2.24, 2.45) is 15.9 Å². The second-order valence-electron chi connectivity index (χ2n) is 5.98. The quantitative estimate of drug-likeness (QED) is 0.122. The molecule has 1 fully saturated rings. The molecule has 2 bridgehead atoms. The first-order valence-corrected chi connectivity index (χ1v) is 9.72. The fourth-order valence-electron chi connectivity index (χ4n) is 3.26. The molecule has 0 aliphatic carbocycles. The maximum Gasteiger partial charge on any atom is 0.418 e. The molecule has 16 heteroatoms. The van der Waals surface area contributed by atoms with Gasteiger partial charge in [0.2, 0.25) is 0 Å². The standard InChI is InChI=1S/C13H20N8O7S/c1-15-12(18-23)11-10-8(6-16-20(10)4-3-17-27-5-2-14)9-7-19(11)13(22)21(9)28-29(24,25)26/h3,6,9,11,23H,2,4-5,7,14H2,1H3,(H,15,18)(H,24,25,26)/b17-3+/t9-,11+/m1/s1. The number of hydrogen-bond acceptors (Lipinski definition) is 10. The average Bonchev–Trinajstić information content (AvgIpc) is 3.20. The molecule has 1 aromatic rings. The van der Waals surface area contributed by atoms with Gasteiger partial charge in [0.05, 0.1) is 31.2 Å². The SMILES string of the molecule is CN=C(NO)[C@@H]1c2c(cnn2C/C=N/OCCN)[C@H]2CN1C(=O)N2OS(=O)(=O)O. The lowest BCUT2D eigenvalue weighted by Gasteiger charge is -2.31. The van der Waals surface area contributed by atoms with Crippen molar-refractivity contribution in [1.82, 2.24) is 25.2 Å². The van der Waals surface area contributed by atoms with E-state index in [1.165, 1.54) is 29.0 Å². The Hall–Kier alpha value is -2.79. The molecule has 1 saturated heterocycles. The van der Waals surface area contributed by atoms with Crippen molar-refractivity contribution in [2.45, 2.75) is 18.6 Å². The van der Waals surface area contributed by atoms with Crippen LogP contribution in [0, 0.1) is 0 Å². The summed E-state index contributed by atoms with van der Waals surface area (Å²) in [7, 11) is -3.54. The number of hydroxylamine groups is 3. The maximum atomic E-state index is 12.7. The summed E-state index contributed by atoms with van der Waals surface area (Å²) >= 11 is 0. The molecule has 2 aliphatic heterocycles. The van der Waals surface area contributed by atoms with Crippen LogP contribution >= 0.6 is 0 Å². The number of fused-ring (bicyclic) bond motifs is 4. The number of nitrogens with two attached hydrogens (primary N) is 1. The van der Waals surface area contributed by atoms with Crippen LogP contribution in [0.25, 0.3) is 0 Å². The average molecular weight is 432 g/mol. The van der Waals surface area contributed by atoms with Gasteiger partial charge in [0.25, 0.3) is 0 Å². The van der Waals surface area contributed by atoms with E-state index >= 15 is 0 Å². The molecule has 2 aliphatic rings. The van der Waals surface area contributed by atoms with Gasteiger partial charge in [-0.3, -0.25) is 24.9 Å². The summed E-state index contributed by atoms with van der Waals surface area (Å²) in [5.41, 5.74) is 8.16. The minimum absolute atomic E-state index is 0.0184. The Labute approximate surface area is 165 Å². The Morgan fingerprint density at radius 3 is 2.93 bits per heavy atom. The van der Waals surface area contributed by atoms with E-state index in [1.807, 2.05) is 5.48 Å². The molecule has 2 amide bonds. The number of carbonyl (C=O) groups excluding carboxylic acids is 1. The second kappa shape index (κ2) is 8.29. The number of amides is 2. The molecule has 0 radical (unpaired) electrons. The monoisotopic (exact) mass is 432 g/mol. The van der Waals surface area contributed by atoms with Gasteiger partial charge in [0, 0.05) is 19.2 Å². The molecule has 5 N–H and O–H groups in total.